The number of benzene rings is 3. The van der Waals surface area contributed by atoms with Crippen LogP contribution in [-0.2, 0) is 9.59 Å². The van der Waals surface area contributed by atoms with Gasteiger partial charge < -0.3 is 15.0 Å². The Labute approximate surface area is 176 Å². The predicted molar refractivity (Wildman–Crippen MR) is 118 cm³/mol. The molecule has 0 bridgehead atoms. The molecule has 30 heavy (non-hydrogen) atoms. The maximum absolute atomic E-state index is 12.7. The largest absolute Gasteiger partial charge is 0.457 e. The molecule has 5 nitrogen and oxygen atoms in total. The SMILES string of the molecule is Cc1cccc(N2C[C@H](C(=O)Nc3ccc(Oc4ccccc4)cc3)CC2=O)c1C. The van der Waals surface area contributed by atoms with Crippen LogP contribution in [0.2, 0.25) is 0 Å². The Hall–Kier alpha value is -3.60. The second kappa shape index (κ2) is 8.41. The summed E-state index contributed by atoms with van der Waals surface area (Å²) in [7, 11) is 0. The van der Waals surface area contributed by atoms with E-state index in [-0.39, 0.29) is 24.2 Å². The van der Waals surface area contributed by atoms with Gasteiger partial charge in [0.15, 0.2) is 0 Å². The number of carbonyl (C=O) groups is 2. The van der Waals surface area contributed by atoms with Gasteiger partial charge in [-0.25, -0.2) is 0 Å². The second-order valence-electron chi connectivity index (χ2n) is 7.55. The van der Waals surface area contributed by atoms with Crippen molar-refractivity contribution in [3.8, 4) is 11.5 Å². The van der Waals surface area contributed by atoms with E-state index in [1.165, 1.54) is 0 Å². The predicted octanol–water partition coefficient (Wildman–Crippen LogP) is 5.09. The number of anilines is 2. The fourth-order valence-electron chi connectivity index (χ4n) is 3.62. The van der Waals surface area contributed by atoms with E-state index in [4.69, 9.17) is 4.74 Å². The molecule has 1 saturated heterocycles. The normalized spacial score (nSPS) is 15.9. The van der Waals surface area contributed by atoms with E-state index in [1.54, 1.807) is 17.0 Å². The molecular formula is C25H24N2O3. The van der Waals surface area contributed by atoms with Gasteiger partial charge in [0, 0.05) is 24.3 Å². The van der Waals surface area contributed by atoms with Gasteiger partial charge in [-0.1, -0.05) is 30.3 Å². The zero-order valence-electron chi connectivity index (χ0n) is 17.1. The third-order valence-corrected chi connectivity index (χ3v) is 5.46. The van der Waals surface area contributed by atoms with Gasteiger partial charge in [0.25, 0.3) is 0 Å². The summed E-state index contributed by atoms with van der Waals surface area (Å²) in [5.74, 6) is 0.905. The number of carbonyl (C=O) groups excluding carboxylic acids is 2. The molecule has 0 spiro atoms. The molecule has 0 aromatic heterocycles. The first-order valence-corrected chi connectivity index (χ1v) is 10.0. The molecule has 1 aliphatic rings. The average molecular weight is 400 g/mol. The summed E-state index contributed by atoms with van der Waals surface area (Å²) < 4.78 is 5.77. The number of nitrogens with one attached hydrogen (secondary N) is 1. The summed E-state index contributed by atoms with van der Waals surface area (Å²) >= 11 is 0. The van der Waals surface area contributed by atoms with Gasteiger partial charge in [-0.3, -0.25) is 9.59 Å². The number of hydrogen-bond acceptors (Lipinski definition) is 3. The molecule has 0 unspecified atom stereocenters. The summed E-state index contributed by atoms with van der Waals surface area (Å²) in [6.07, 6.45) is 0.217. The molecule has 3 aromatic carbocycles. The van der Waals surface area contributed by atoms with Crippen LogP contribution in [0.4, 0.5) is 11.4 Å². The quantitative estimate of drug-likeness (QED) is 0.649. The Balaban J connectivity index is 1.39. The van der Waals surface area contributed by atoms with Crippen LogP contribution in [0, 0.1) is 19.8 Å². The van der Waals surface area contributed by atoms with E-state index in [2.05, 4.69) is 5.32 Å². The standard InChI is InChI=1S/C25H24N2O3/c1-17-7-6-10-23(18(17)2)27-16-19(15-24(27)28)25(29)26-20-11-13-22(14-12-20)30-21-8-4-3-5-9-21/h3-14,19H,15-16H2,1-2H3,(H,26,29)/t19-/m1/s1. The molecule has 1 N–H and O–H groups in total. The van der Waals surface area contributed by atoms with Crippen molar-refractivity contribution in [1.29, 1.82) is 0 Å². The van der Waals surface area contributed by atoms with Crippen molar-refractivity contribution in [3.63, 3.8) is 0 Å². The van der Waals surface area contributed by atoms with Crippen molar-refractivity contribution >= 4 is 23.2 Å². The molecule has 1 fully saturated rings. The van der Waals surface area contributed by atoms with Crippen molar-refractivity contribution in [1.82, 2.24) is 0 Å². The average Bonchev–Trinajstić information content (AvgIpc) is 3.14. The Morgan fingerprint density at radius 3 is 2.37 bits per heavy atom. The highest BCUT2D eigenvalue weighted by molar-refractivity contribution is 6.03. The third-order valence-electron chi connectivity index (χ3n) is 5.46. The second-order valence-corrected chi connectivity index (χ2v) is 7.55. The lowest BCUT2D eigenvalue weighted by molar-refractivity contribution is -0.122. The first kappa shape index (κ1) is 19.7. The van der Waals surface area contributed by atoms with Crippen LogP contribution in [0.15, 0.2) is 72.8 Å². The van der Waals surface area contributed by atoms with Crippen LogP contribution in [-0.4, -0.2) is 18.4 Å². The van der Waals surface area contributed by atoms with Crippen LogP contribution >= 0.6 is 0 Å². The number of aryl methyl sites for hydroxylation is 1. The maximum atomic E-state index is 12.7. The molecule has 5 heteroatoms. The van der Waals surface area contributed by atoms with Gasteiger partial charge in [0.2, 0.25) is 11.8 Å². The van der Waals surface area contributed by atoms with E-state index in [1.807, 2.05) is 74.5 Å². The summed E-state index contributed by atoms with van der Waals surface area (Å²) in [5, 5.41) is 2.92. The monoisotopic (exact) mass is 400 g/mol. The molecular weight excluding hydrogens is 376 g/mol. The fraction of sp³-hybridized carbons (Fsp3) is 0.200. The molecule has 0 aliphatic carbocycles. The maximum Gasteiger partial charge on any atom is 0.229 e. The molecule has 0 radical (unpaired) electrons. The zero-order chi connectivity index (χ0) is 21.1. The summed E-state index contributed by atoms with van der Waals surface area (Å²) in [4.78, 5) is 27.0. The van der Waals surface area contributed by atoms with Crippen molar-refractivity contribution in [2.45, 2.75) is 20.3 Å². The molecule has 152 valence electrons. The van der Waals surface area contributed by atoms with Crippen molar-refractivity contribution in [2.75, 3.05) is 16.8 Å². The van der Waals surface area contributed by atoms with Crippen molar-refractivity contribution < 1.29 is 14.3 Å². The number of amides is 2. The van der Waals surface area contributed by atoms with Crippen LogP contribution in [0.3, 0.4) is 0 Å². The van der Waals surface area contributed by atoms with Crippen LogP contribution in [0.5, 0.6) is 11.5 Å². The van der Waals surface area contributed by atoms with E-state index in [0.29, 0.717) is 18.0 Å². The number of para-hydroxylation sites is 1. The van der Waals surface area contributed by atoms with E-state index >= 15 is 0 Å². The molecule has 1 atom stereocenters. The Kier molecular flexibility index (Phi) is 5.53. The van der Waals surface area contributed by atoms with Crippen LogP contribution in [0.1, 0.15) is 17.5 Å². The van der Waals surface area contributed by atoms with Crippen molar-refractivity contribution in [2.24, 2.45) is 5.92 Å². The van der Waals surface area contributed by atoms with E-state index in [0.717, 1.165) is 22.6 Å². The third kappa shape index (κ3) is 4.20. The van der Waals surface area contributed by atoms with E-state index < -0.39 is 0 Å². The van der Waals surface area contributed by atoms with Crippen LogP contribution < -0.4 is 15.0 Å². The van der Waals surface area contributed by atoms with Gasteiger partial charge in [-0.15, -0.1) is 0 Å². The number of ether oxygens (including phenoxy) is 1. The zero-order valence-corrected chi connectivity index (χ0v) is 17.1. The van der Waals surface area contributed by atoms with Crippen LogP contribution in [0.25, 0.3) is 0 Å². The molecule has 0 saturated carbocycles. The number of nitrogens with zero attached hydrogens (tertiary/aromatic N) is 1. The summed E-state index contributed by atoms with van der Waals surface area (Å²) in [6, 6.07) is 22.6. The topological polar surface area (TPSA) is 58.6 Å². The Bertz CT molecular complexity index is 1060. The van der Waals surface area contributed by atoms with Gasteiger partial charge >= 0.3 is 0 Å². The molecule has 2 amide bonds. The number of hydrogen-bond donors (Lipinski definition) is 1. The molecule has 1 aliphatic heterocycles. The minimum absolute atomic E-state index is 0.0181. The lowest BCUT2D eigenvalue weighted by Crippen LogP contribution is -2.28. The van der Waals surface area contributed by atoms with Gasteiger partial charge in [-0.05, 0) is 67.4 Å². The fourth-order valence-corrected chi connectivity index (χ4v) is 3.62. The molecule has 3 aromatic rings. The Morgan fingerprint density at radius 1 is 0.933 bits per heavy atom. The summed E-state index contributed by atoms with van der Waals surface area (Å²) in [6.45, 7) is 4.42. The minimum atomic E-state index is -0.377. The number of rotatable bonds is 5. The van der Waals surface area contributed by atoms with Crippen molar-refractivity contribution in [3.05, 3.63) is 83.9 Å². The van der Waals surface area contributed by atoms with Gasteiger partial charge in [0.05, 0.1) is 5.92 Å². The van der Waals surface area contributed by atoms with Gasteiger partial charge in [-0.2, -0.15) is 0 Å². The molecule has 1 heterocycles. The first-order chi connectivity index (χ1) is 14.5. The van der Waals surface area contributed by atoms with E-state index in [9.17, 15) is 9.59 Å². The minimum Gasteiger partial charge on any atom is -0.457 e. The smallest absolute Gasteiger partial charge is 0.229 e. The highest BCUT2D eigenvalue weighted by Gasteiger charge is 2.35. The Morgan fingerprint density at radius 2 is 1.63 bits per heavy atom. The first-order valence-electron chi connectivity index (χ1n) is 10.0. The molecule has 4 rings (SSSR count). The lowest BCUT2D eigenvalue weighted by atomic mass is 10.1. The highest BCUT2D eigenvalue weighted by Crippen LogP contribution is 2.30. The highest BCUT2D eigenvalue weighted by atomic mass is 16.5. The summed E-state index contributed by atoms with van der Waals surface area (Å²) in [5.41, 5.74) is 3.77. The van der Waals surface area contributed by atoms with Gasteiger partial charge in [0.1, 0.15) is 11.5 Å². The lowest BCUT2D eigenvalue weighted by Gasteiger charge is -2.20.